The predicted octanol–water partition coefficient (Wildman–Crippen LogP) is 2.15. The van der Waals surface area contributed by atoms with Crippen molar-refractivity contribution < 1.29 is 9.53 Å². The molecule has 0 bridgehead atoms. The van der Waals surface area contributed by atoms with Gasteiger partial charge in [-0.15, -0.1) is 24.4 Å². The third kappa shape index (κ3) is 4.58. The van der Waals surface area contributed by atoms with Crippen LogP contribution in [0.15, 0.2) is 0 Å². The van der Waals surface area contributed by atoms with Crippen LogP contribution in [0.1, 0.15) is 20.3 Å². The Morgan fingerprint density at radius 1 is 1.73 bits per heavy atom. The molecular formula is C7H14O2S2. The van der Waals surface area contributed by atoms with Gasteiger partial charge in [0.05, 0.1) is 5.92 Å². The van der Waals surface area contributed by atoms with Gasteiger partial charge in [-0.3, -0.25) is 4.79 Å². The van der Waals surface area contributed by atoms with E-state index in [1.807, 2.05) is 20.1 Å². The normalized spacial score (nSPS) is 15.6. The molecule has 0 N–H and O–H groups in total. The van der Waals surface area contributed by atoms with E-state index in [2.05, 4.69) is 12.6 Å². The van der Waals surface area contributed by atoms with Crippen molar-refractivity contribution in [3.8, 4) is 0 Å². The SMILES string of the molecule is CCC(C)C(=O)OC(S)SC. The Balaban J connectivity index is 3.68. The van der Waals surface area contributed by atoms with Gasteiger partial charge in [-0.05, 0) is 12.7 Å². The highest BCUT2D eigenvalue weighted by Gasteiger charge is 2.14. The number of thioether (sulfide) groups is 1. The quantitative estimate of drug-likeness (QED) is 0.422. The zero-order valence-electron chi connectivity index (χ0n) is 7.03. The first-order valence-corrected chi connectivity index (χ1v) is 5.33. The molecule has 11 heavy (non-hydrogen) atoms. The number of esters is 1. The summed E-state index contributed by atoms with van der Waals surface area (Å²) in [4.78, 5) is 11.1. The zero-order chi connectivity index (χ0) is 8.85. The Bertz CT molecular complexity index is 128. The van der Waals surface area contributed by atoms with E-state index < -0.39 is 0 Å². The summed E-state index contributed by atoms with van der Waals surface area (Å²) in [6.07, 6.45) is 2.66. The van der Waals surface area contributed by atoms with Gasteiger partial charge in [0.25, 0.3) is 0 Å². The highest BCUT2D eigenvalue weighted by atomic mass is 32.2. The van der Waals surface area contributed by atoms with Crippen LogP contribution in [-0.2, 0) is 9.53 Å². The Kier molecular flexibility index (Phi) is 5.86. The van der Waals surface area contributed by atoms with Crippen LogP contribution in [0.5, 0.6) is 0 Å². The van der Waals surface area contributed by atoms with E-state index in [0.717, 1.165) is 6.42 Å². The fourth-order valence-corrected chi connectivity index (χ4v) is 0.725. The molecule has 0 aliphatic heterocycles. The van der Waals surface area contributed by atoms with E-state index in [9.17, 15) is 4.79 Å². The molecule has 0 aliphatic carbocycles. The average molecular weight is 194 g/mol. The molecule has 4 heteroatoms. The summed E-state index contributed by atoms with van der Waals surface area (Å²) < 4.78 is 4.62. The Morgan fingerprint density at radius 2 is 2.27 bits per heavy atom. The molecule has 0 aromatic carbocycles. The molecule has 0 aromatic heterocycles. The van der Waals surface area contributed by atoms with Crippen molar-refractivity contribution in [2.75, 3.05) is 6.26 Å². The summed E-state index contributed by atoms with van der Waals surface area (Å²) >= 11 is 5.42. The fourth-order valence-electron chi connectivity index (χ4n) is 0.430. The smallest absolute Gasteiger partial charge is 0.310 e. The molecule has 0 fully saturated rings. The largest absolute Gasteiger partial charge is 0.441 e. The van der Waals surface area contributed by atoms with Gasteiger partial charge < -0.3 is 4.74 Å². The van der Waals surface area contributed by atoms with Crippen molar-refractivity contribution in [2.45, 2.75) is 25.0 Å². The van der Waals surface area contributed by atoms with Crippen LogP contribution in [0.3, 0.4) is 0 Å². The summed E-state index contributed by atoms with van der Waals surface area (Å²) in [6, 6.07) is 0. The van der Waals surface area contributed by atoms with E-state index in [-0.39, 0.29) is 16.7 Å². The molecule has 0 amide bonds. The second-order valence-electron chi connectivity index (χ2n) is 2.29. The van der Waals surface area contributed by atoms with E-state index >= 15 is 0 Å². The lowest BCUT2D eigenvalue weighted by Gasteiger charge is -2.12. The topological polar surface area (TPSA) is 26.3 Å². The minimum Gasteiger partial charge on any atom is -0.441 e. The van der Waals surface area contributed by atoms with Crippen LogP contribution in [0, 0.1) is 5.92 Å². The van der Waals surface area contributed by atoms with Gasteiger partial charge in [0.1, 0.15) is 0 Å². The van der Waals surface area contributed by atoms with Gasteiger partial charge in [-0.1, -0.05) is 13.8 Å². The van der Waals surface area contributed by atoms with Crippen LogP contribution >= 0.6 is 24.4 Å². The molecule has 66 valence electrons. The van der Waals surface area contributed by atoms with Crippen molar-refractivity contribution in [1.82, 2.24) is 0 Å². The van der Waals surface area contributed by atoms with Gasteiger partial charge in [-0.25, -0.2) is 0 Å². The number of hydrogen-bond acceptors (Lipinski definition) is 4. The second kappa shape index (κ2) is 5.77. The number of carbonyl (C=O) groups excluding carboxylic acids is 1. The Morgan fingerprint density at radius 3 is 2.64 bits per heavy atom. The maximum absolute atomic E-state index is 11.1. The maximum Gasteiger partial charge on any atom is 0.310 e. The van der Waals surface area contributed by atoms with Crippen LogP contribution in [0.4, 0.5) is 0 Å². The second-order valence-corrected chi connectivity index (χ2v) is 4.01. The highest BCUT2D eigenvalue weighted by Crippen LogP contribution is 2.15. The third-order valence-electron chi connectivity index (χ3n) is 1.43. The number of rotatable bonds is 4. The van der Waals surface area contributed by atoms with Crippen LogP contribution in [0.2, 0.25) is 0 Å². The molecule has 0 saturated heterocycles. The number of thiol groups is 1. The van der Waals surface area contributed by atoms with Gasteiger partial charge in [0.2, 0.25) is 0 Å². The lowest BCUT2D eigenvalue weighted by atomic mass is 10.1. The minimum atomic E-state index is -0.323. The maximum atomic E-state index is 11.1. The molecule has 0 aliphatic rings. The first-order chi connectivity index (χ1) is 5.11. The first kappa shape index (κ1) is 11.2. The van der Waals surface area contributed by atoms with Crippen LogP contribution in [-0.4, -0.2) is 17.0 Å². The summed E-state index contributed by atoms with van der Waals surface area (Å²) in [7, 11) is 0. The molecule has 0 heterocycles. The predicted molar refractivity (Wildman–Crippen MR) is 51.8 cm³/mol. The Hall–Kier alpha value is 0.170. The van der Waals surface area contributed by atoms with Crippen molar-refractivity contribution >= 4 is 30.4 Å². The lowest BCUT2D eigenvalue weighted by Crippen LogP contribution is -2.16. The van der Waals surface area contributed by atoms with Gasteiger partial charge in [0.15, 0.2) is 4.77 Å². The van der Waals surface area contributed by atoms with Gasteiger partial charge >= 0.3 is 5.97 Å². The molecule has 0 spiro atoms. The number of hydrogen-bond donors (Lipinski definition) is 1. The molecule has 2 atom stereocenters. The molecule has 2 unspecified atom stereocenters. The lowest BCUT2D eigenvalue weighted by molar-refractivity contribution is -0.146. The molecule has 0 rings (SSSR count). The molecule has 0 radical (unpaired) electrons. The van der Waals surface area contributed by atoms with E-state index in [1.165, 1.54) is 11.8 Å². The van der Waals surface area contributed by atoms with E-state index in [4.69, 9.17) is 4.74 Å². The van der Waals surface area contributed by atoms with Gasteiger partial charge in [-0.2, -0.15) is 0 Å². The molecular weight excluding hydrogens is 180 g/mol. The summed E-state index contributed by atoms with van der Waals surface area (Å²) in [5, 5.41) is 0. The van der Waals surface area contributed by atoms with Crippen molar-refractivity contribution in [3.63, 3.8) is 0 Å². The monoisotopic (exact) mass is 194 g/mol. The summed E-state index contributed by atoms with van der Waals surface area (Å²) in [5.74, 6) is -0.182. The minimum absolute atomic E-state index is 0.0169. The van der Waals surface area contributed by atoms with Crippen molar-refractivity contribution in [2.24, 2.45) is 5.92 Å². The summed E-state index contributed by atoms with van der Waals surface area (Å²) in [5.41, 5.74) is 0. The third-order valence-corrected chi connectivity index (χ3v) is 2.67. The van der Waals surface area contributed by atoms with E-state index in [1.54, 1.807) is 0 Å². The van der Waals surface area contributed by atoms with Crippen molar-refractivity contribution in [1.29, 1.82) is 0 Å². The molecule has 0 saturated carbocycles. The first-order valence-electron chi connectivity index (χ1n) is 3.53. The fraction of sp³-hybridized carbons (Fsp3) is 0.857. The van der Waals surface area contributed by atoms with Crippen molar-refractivity contribution in [3.05, 3.63) is 0 Å². The number of carbonyl (C=O) groups is 1. The number of ether oxygens (including phenoxy) is 1. The highest BCUT2D eigenvalue weighted by molar-refractivity contribution is 8.09. The zero-order valence-corrected chi connectivity index (χ0v) is 8.74. The van der Waals surface area contributed by atoms with Crippen LogP contribution in [0.25, 0.3) is 0 Å². The summed E-state index contributed by atoms with van der Waals surface area (Å²) in [6.45, 7) is 3.81. The standard InChI is InChI=1S/C7H14O2S2/c1-4-5(2)6(8)9-7(10)11-3/h5,7,10H,4H2,1-3H3. The van der Waals surface area contributed by atoms with Crippen LogP contribution < -0.4 is 0 Å². The average Bonchev–Trinajstić information content (AvgIpc) is 2.02. The van der Waals surface area contributed by atoms with Gasteiger partial charge in [0, 0.05) is 0 Å². The Labute approximate surface area is 77.5 Å². The molecule has 2 nitrogen and oxygen atoms in total. The molecule has 0 aromatic rings. The van der Waals surface area contributed by atoms with E-state index in [0.29, 0.717) is 0 Å².